The quantitative estimate of drug-likeness (QED) is 0.545. The summed E-state index contributed by atoms with van der Waals surface area (Å²) < 4.78 is 10.1. The first-order valence-electron chi connectivity index (χ1n) is 7.95. The van der Waals surface area contributed by atoms with Crippen LogP contribution < -0.4 is 10.1 Å². The van der Waals surface area contributed by atoms with Crippen molar-refractivity contribution in [2.75, 3.05) is 19.5 Å². The van der Waals surface area contributed by atoms with Crippen molar-refractivity contribution in [2.24, 2.45) is 0 Å². The Morgan fingerprint density at radius 1 is 1.12 bits per heavy atom. The lowest BCUT2D eigenvalue weighted by molar-refractivity contribution is -0.146. The monoisotopic (exact) mass is 393 g/mol. The summed E-state index contributed by atoms with van der Waals surface area (Å²) in [4.78, 5) is 24.6. The van der Waals surface area contributed by atoms with Crippen molar-refractivity contribution >= 4 is 35.2 Å². The van der Waals surface area contributed by atoms with E-state index < -0.39 is 5.97 Å². The number of amides is 1. The summed E-state index contributed by atoms with van der Waals surface area (Å²) in [6.45, 7) is 1.54. The molecule has 2 aromatic rings. The Hall–Kier alpha value is -2.18. The summed E-state index contributed by atoms with van der Waals surface area (Å²) in [6.07, 6.45) is 0. The highest BCUT2D eigenvalue weighted by molar-refractivity contribution is 8.00. The van der Waals surface area contributed by atoms with Crippen LogP contribution in [0, 0.1) is 0 Å². The molecule has 138 valence electrons. The number of rotatable bonds is 8. The average Bonchev–Trinajstić information content (AvgIpc) is 2.65. The van der Waals surface area contributed by atoms with Gasteiger partial charge in [-0.2, -0.15) is 0 Å². The van der Waals surface area contributed by atoms with E-state index in [2.05, 4.69) is 5.32 Å². The Morgan fingerprint density at radius 3 is 2.38 bits per heavy atom. The number of hydrogen-bond donors (Lipinski definition) is 1. The fourth-order valence-corrected chi connectivity index (χ4v) is 2.94. The predicted octanol–water partition coefficient (Wildman–Crippen LogP) is 3.86. The molecular formula is C19H20ClNO4S. The second kappa shape index (κ2) is 10.1. The zero-order valence-electron chi connectivity index (χ0n) is 14.5. The summed E-state index contributed by atoms with van der Waals surface area (Å²) in [5.74, 6) is 0.0885. The lowest BCUT2D eigenvalue weighted by Crippen LogP contribution is -2.31. The molecule has 0 spiro atoms. The van der Waals surface area contributed by atoms with Gasteiger partial charge >= 0.3 is 5.97 Å². The zero-order valence-corrected chi connectivity index (χ0v) is 16.1. The second-order valence-electron chi connectivity index (χ2n) is 5.47. The first-order valence-corrected chi connectivity index (χ1v) is 9.31. The Morgan fingerprint density at radius 2 is 1.77 bits per heavy atom. The Bertz CT molecular complexity index is 734. The zero-order chi connectivity index (χ0) is 18.9. The number of nitrogens with one attached hydrogen (secondary N) is 1. The number of carbonyl (C=O) groups excluding carboxylic acids is 2. The molecular weight excluding hydrogens is 374 g/mol. The normalized spacial score (nSPS) is 11.5. The maximum Gasteiger partial charge on any atom is 0.316 e. The van der Waals surface area contributed by atoms with E-state index in [0.717, 1.165) is 16.2 Å². The maximum absolute atomic E-state index is 11.9. The van der Waals surface area contributed by atoms with Crippen LogP contribution in [-0.2, 0) is 14.3 Å². The SMILES string of the molecule is COc1ccc(SCC(=O)OCC(=O)N[C@@H](C)c2ccc(Cl)cc2)cc1. The number of esters is 1. The van der Waals surface area contributed by atoms with E-state index in [9.17, 15) is 9.59 Å². The minimum Gasteiger partial charge on any atom is -0.497 e. The number of carbonyl (C=O) groups is 2. The van der Waals surface area contributed by atoms with Gasteiger partial charge < -0.3 is 14.8 Å². The van der Waals surface area contributed by atoms with Crippen molar-refractivity contribution in [1.29, 1.82) is 0 Å². The molecule has 0 aliphatic heterocycles. The fourth-order valence-electron chi connectivity index (χ4n) is 2.12. The molecule has 2 aromatic carbocycles. The number of methoxy groups -OCH3 is 1. The van der Waals surface area contributed by atoms with Crippen LogP contribution in [0.2, 0.25) is 5.02 Å². The standard InChI is InChI=1S/C19H20ClNO4S/c1-13(14-3-5-15(20)6-4-14)21-18(22)11-25-19(23)12-26-17-9-7-16(24-2)8-10-17/h3-10,13H,11-12H2,1-2H3,(H,21,22)/t13-/m0/s1. The molecule has 0 heterocycles. The summed E-state index contributed by atoms with van der Waals surface area (Å²) in [6, 6.07) is 14.3. The molecule has 0 saturated carbocycles. The molecule has 1 atom stereocenters. The van der Waals surface area contributed by atoms with Crippen molar-refractivity contribution in [3.63, 3.8) is 0 Å². The highest BCUT2D eigenvalue weighted by Gasteiger charge is 2.12. The maximum atomic E-state index is 11.9. The van der Waals surface area contributed by atoms with Crippen molar-refractivity contribution in [3.05, 3.63) is 59.1 Å². The first-order chi connectivity index (χ1) is 12.5. The van der Waals surface area contributed by atoms with Crippen LogP contribution in [0.15, 0.2) is 53.4 Å². The van der Waals surface area contributed by atoms with Crippen LogP contribution >= 0.6 is 23.4 Å². The molecule has 0 aliphatic carbocycles. The molecule has 0 aliphatic rings. The van der Waals surface area contributed by atoms with Gasteiger partial charge in [-0.3, -0.25) is 9.59 Å². The summed E-state index contributed by atoms with van der Waals surface area (Å²) >= 11 is 7.18. The van der Waals surface area contributed by atoms with E-state index in [1.807, 2.05) is 43.3 Å². The molecule has 0 bridgehead atoms. The van der Waals surface area contributed by atoms with Crippen LogP contribution in [0.5, 0.6) is 5.75 Å². The predicted molar refractivity (Wildman–Crippen MR) is 103 cm³/mol. The number of hydrogen-bond acceptors (Lipinski definition) is 5. The second-order valence-corrected chi connectivity index (χ2v) is 6.95. The Labute approximate surface area is 162 Å². The Kier molecular flexibility index (Phi) is 7.81. The summed E-state index contributed by atoms with van der Waals surface area (Å²) in [7, 11) is 1.60. The first kappa shape index (κ1) is 20.1. The number of halogens is 1. The molecule has 7 heteroatoms. The topological polar surface area (TPSA) is 64.6 Å². The number of ether oxygens (including phenoxy) is 2. The molecule has 0 fully saturated rings. The molecule has 1 N–H and O–H groups in total. The molecule has 1 amide bonds. The van der Waals surface area contributed by atoms with Gasteiger partial charge in [0.15, 0.2) is 6.61 Å². The van der Waals surface area contributed by atoms with Gasteiger partial charge in [-0.05, 0) is 48.9 Å². The van der Waals surface area contributed by atoms with Gasteiger partial charge in [-0.1, -0.05) is 23.7 Å². The third kappa shape index (κ3) is 6.61. The van der Waals surface area contributed by atoms with Crippen LogP contribution in [0.25, 0.3) is 0 Å². The van der Waals surface area contributed by atoms with Crippen LogP contribution in [0.4, 0.5) is 0 Å². The van der Waals surface area contributed by atoms with E-state index in [4.69, 9.17) is 21.1 Å². The van der Waals surface area contributed by atoms with Gasteiger partial charge in [0, 0.05) is 9.92 Å². The van der Waals surface area contributed by atoms with E-state index in [0.29, 0.717) is 5.02 Å². The van der Waals surface area contributed by atoms with E-state index in [-0.39, 0.29) is 24.3 Å². The van der Waals surface area contributed by atoms with Gasteiger partial charge in [0.2, 0.25) is 0 Å². The minimum absolute atomic E-state index is 0.131. The molecule has 5 nitrogen and oxygen atoms in total. The molecule has 0 saturated heterocycles. The highest BCUT2D eigenvalue weighted by Crippen LogP contribution is 2.21. The Balaban J connectivity index is 1.70. The van der Waals surface area contributed by atoms with Gasteiger partial charge in [0.05, 0.1) is 18.9 Å². The van der Waals surface area contributed by atoms with Crippen LogP contribution in [-0.4, -0.2) is 31.3 Å². The van der Waals surface area contributed by atoms with Gasteiger partial charge in [-0.15, -0.1) is 11.8 Å². The lowest BCUT2D eigenvalue weighted by Gasteiger charge is -2.14. The third-order valence-electron chi connectivity index (χ3n) is 3.53. The highest BCUT2D eigenvalue weighted by atomic mass is 35.5. The molecule has 2 rings (SSSR count). The molecule has 0 unspecified atom stereocenters. The third-order valence-corrected chi connectivity index (χ3v) is 4.77. The van der Waals surface area contributed by atoms with Crippen LogP contribution in [0.1, 0.15) is 18.5 Å². The van der Waals surface area contributed by atoms with E-state index >= 15 is 0 Å². The van der Waals surface area contributed by atoms with Gasteiger partial charge in [0.25, 0.3) is 5.91 Å². The largest absolute Gasteiger partial charge is 0.497 e. The average molecular weight is 394 g/mol. The fraction of sp³-hybridized carbons (Fsp3) is 0.263. The lowest BCUT2D eigenvalue weighted by atomic mass is 10.1. The molecule has 0 radical (unpaired) electrons. The summed E-state index contributed by atoms with van der Waals surface area (Å²) in [5.41, 5.74) is 0.920. The van der Waals surface area contributed by atoms with Gasteiger partial charge in [0.1, 0.15) is 5.75 Å². The molecule has 0 aromatic heterocycles. The molecule has 26 heavy (non-hydrogen) atoms. The summed E-state index contributed by atoms with van der Waals surface area (Å²) in [5, 5.41) is 3.41. The van der Waals surface area contributed by atoms with Crippen molar-refractivity contribution in [2.45, 2.75) is 17.9 Å². The van der Waals surface area contributed by atoms with Crippen LogP contribution in [0.3, 0.4) is 0 Å². The van der Waals surface area contributed by atoms with Gasteiger partial charge in [-0.25, -0.2) is 0 Å². The number of benzene rings is 2. The minimum atomic E-state index is -0.444. The van der Waals surface area contributed by atoms with Crippen molar-refractivity contribution in [1.82, 2.24) is 5.32 Å². The number of thioether (sulfide) groups is 1. The van der Waals surface area contributed by atoms with Crippen molar-refractivity contribution in [3.8, 4) is 5.75 Å². The van der Waals surface area contributed by atoms with E-state index in [1.54, 1.807) is 19.2 Å². The van der Waals surface area contributed by atoms with Crippen molar-refractivity contribution < 1.29 is 19.1 Å². The smallest absolute Gasteiger partial charge is 0.316 e. The van der Waals surface area contributed by atoms with E-state index in [1.165, 1.54) is 11.8 Å².